The average Bonchev–Trinajstić information content (AvgIpc) is 2.30. The highest BCUT2D eigenvalue weighted by Gasteiger charge is 2.35. The lowest BCUT2D eigenvalue weighted by Gasteiger charge is -2.42. The molecule has 1 fully saturated rings. The highest BCUT2D eigenvalue weighted by molar-refractivity contribution is 7.97. The molecule has 1 saturated heterocycles. The Balaban J connectivity index is 1.87. The summed E-state index contributed by atoms with van der Waals surface area (Å²) >= 11 is 1.75. The van der Waals surface area contributed by atoms with Gasteiger partial charge in [-0.25, -0.2) is 4.72 Å². The molecule has 0 unspecified atom stereocenters. The Kier molecular flexibility index (Phi) is 2.35. The van der Waals surface area contributed by atoms with Crippen molar-refractivity contribution in [1.29, 1.82) is 0 Å². The fourth-order valence-corrected chi connectivity index (χ4v) is 3.11. The van der Waals surface area contributed by atoms with E-state index in [0.717, 1.165) is 25.9 Å². The van der Waals surface area contributed by atoms with Gasteiger partial charge in [0.25, 0.3) is 0 Å². The lowest BCUT2D eigenvalue weighted by Crippen LogP contribution is -2.56. The fourth-order valence-electron chi connectivity index (χ4n) is 2.18. The van der Waals surface area contributed by atoms with Gasteiger partial charge in [0.2, 0.25) is 0 Å². The molecule has 0 saturated carbocycles. The summed E-state index contributed by atoms with van der Waals surface area (Å²) in [6, 6.07) is 8.48. The lowest BCUT2D eigenvalue weighted by molar-refractivity contribution is 0.324. The van der Waals surface area contributed by atoms with Gasteiger partial charge in [-0.3, -0.25) is 0 Å². The molecule has 0 bridgehead atoms. The number of rotatable bonds is 0. The van der Waals surface area contributed by atoms with Crippen LogP contribution < -0.4 is 15.4 Å². The smallest absolute Gasteiger partial charge is 0.0999 e. The van der Waals surface area contributed by atoms with E-state index < -0.39 is 0 Å². The van der Waals surface area contributed by atoms with Gasteiger partial charge in [-0.15, -0.1) is 0 Å². The first kappa shape index (κ1) is 9.51. The summed E-state index contributed by atoms with van der Waals surface area (Å²) in [6.07, 6.45) is 2.27. The maximum atomic E-state index is 3.64. The van der Waals surface area contributed by atoms with Gasteiger partial charge < -0.3 is 10.6 Å². The molecule has 2 aliphatic rings. The predicted molar refractivity (Wildman–Crippen MR) is 63.9 cm³/mol. The highest BCUT2D eigenvalue weighted by Crippen LogP contribution is 2.36. The second-order valence-electron chi connectivity index (χ2n) is 4.16. The highest BCUT2D eigenvalue weighted by atomic mass is 32.2. The van der Waals surface area contributed by atoms with Crippen LogP contribution in [0.15, 0.2) is 29.2 Å². The average molecular weight is 221 g/mol. The third kappa shape index (κ3) is 1.73. The van der Waals surface area contributed by atoms with E-state index in [-0.39, 0.29) is 5.66 Å². The van der Waals surface area contributed by atoms with Crippen LogP contribution in [0, 0.1) is 0 Å². The third-order valence-corrected chi connectivity index (χ3v) is 4.14. The minimum absolute atomic E-state index is 0.101. The lowest BCUT2D eigenvalue weighted by atomic mass is 9.98. The van der Waals surface area contributed by atoms with Crippen molar-refractivity contribution >= 4 is 17.6 Å². The molecule has 2 heterocycles. The van der Waals surface area contributed by atoms with Crippen LogP contribution in [-0.4, -0.2) is 18.8 Å². The number of anilines is 1. The zero-order valence-corrected chi connectivity index (χ0v) is 9.36. The molecule has 1 aromatic carbocycles. The molecule has 0 atom stereocenters. The summed E-state index contributed by atoms with van der Waals surface area (Å²) in [5.41, 5.74) is 1.37. The first-order valence-electron chi connectivity index (χ1n) is 5.40. The standard InChI is InChI=1S/C11H15N3S/c1-2-4-10-9(3-1)13-11(14-15-10)5-7-12-8-6-11/h1-4,12-14H,5-8H2. The fraction of sp³-hybridized carbons (Fsp3) is 0.455. The van der Waals surface area contributed by atoms with Crippen LogP contribution in [0.25, 0.3) is 0 Å². The van der Waals surface area contributed by atoms with Crippen molar-refractivity contribution in [1.82, 2.24) is 10.0 Å². The first-order chi connectivity index (χ1) is 7.38. The van der Waals surface area contributed by atoms with Crippen molar-refractivity contribution < 1.29 is 0 Å². The van der Waals surface area contributed by atoms with E-state index >= 15 is 0 Å². The van der Waals surface area contributed by atoms with Gasteiger partial charge in [-0.2, -0.15) is 0 Å². The quantitative estimate of drug-likeness (QED) is 0.584. The van der Waals surface area contributed by atoms with E-state index in [2.05, 4.69) is 39.6 Å². The topological polar surface area (TPSA) is 36.1 Å². The Morgan fingerprint density at radius 2 is 1.93 bits per heavy atom. The van der Waals surface area contributed by atoms with Gasteiger partial charge in [-0.1, -0.05) is 12.1 Å². The predicted octanol–water partition coefficient (Wildman–Crippen LogP) is 1.79. The van der Waals surface area contributed by atoms with E-state index in [4.69, 9.17) is 0 Å². The number of nitrogens with one attached hydrogen (secondary N) is 3. The summed E-state index contributed by atoms with van der Waals surface area (Å²) in [5.74, 6) is 0. The van der Waals surface area contributed by atoms with E-state index in [1.165, 1.54) is 10.6 Å². The van der Waals surface area contributed by atoms with Crippen LogP contribution in [0.2, 0.25) is 0 Å². The number of fused-ring (bicyclic) bond motifs is 1. The molecular formula is C11H15N3S. The maximum Gasteiger partial charge on any atom is 0.0999 e. The maximum absolute atomic E-state index is 3.64. The first-order valence-corrected chi connectivity index (χ1v) is 6.22. The number of hydrogen-bond acceptors (Lipinski definition) is 4. The molecule has 3 nitrogen and oxygen atoms in total. The molecule has 3 N–H and O–H groups in total. The monoisotopic (exact) mass is 221 g/mol. The van der Waals surface area contributed by atoms with E-state index in [1.807, 2.05) is 0 Å². The molecule has 3 rings (SSSR count). The van der Waals surface area contributed by atoms with Crippen LogP contribution in [0.1, 0.15) is 12.8 Å². The van der Waals surface area contributed by atoms with Crippen molar-refractivity contribution in [3.8, 4) is 0 Å². The van der Waals surface area contributed by atoms with E-state index in [1.54, 1.807) is 11.9 Å². The molecule has 0 aliphatic carbocycles. The van der Waals surface area contributed by atoms with Gasteiger partial charge in [0.1, 0.15) is 0 Å². The van der Waals surface area contributed by atoms with Crippen molar-refractivity contribution in [3.63, 3.8) is 0 Å². The molecule has 80 valence electrons. The van der Waals surface area contributed by atoms with Crippen LogP contribution >= 0.6 is 11.9 Å². The molecule has 1 aromatic rings. The minimum atomic E-state index is 0.101. The van der Waals surface area contributed by atoms with Gasteiger partial charge >= 0.3 is 0 Å². The Bertz CT molecular complexity index is 361. The van der Waals surface area contributed by atoms with Crippen molar-refractivity contribution in [2.45, 2.75) is 23.4 Å². The Morgan fingerprint density at radius 1 is 1.13 bits per heavy atom. The Hall–Kier alpha value is -0.710. The normalized spacial score (nSPS) is 23.2. The van der Waals surface area contributed by atoms with Gasteiger partial charge in [0, 0.05) is 4.90 Å². The summed E-state index contributed by atoms with van der Waals surface area (Å²) in [6.45, 7) is 2.17. The summed E-state index contributed by atoms with van der Waals surface area (Å²) in [4.78, 5) is 1.29. The van der Waals surface area contributed by atoms with Gasteiger partial charge in [-0.05, 0) is 50.0 Å². The Labute approximate surface area is 94.2 Å². The van der Waals surface area contributed by atoms with Crippen molar-refractivity contribution in [2.24, 2.45) is 0 Å². The number of piperidine rings is 1. The number of hydrogen-bond donors (Lipinski definition) is 3. The minimum Gasteiger partial charge on any atom is -0.366 e. The molecule has 1 spiro atoms. The Morgan fingerprint density at radius 3 is 2.80 bits per heavy atom. The zero-order chi connectivity index (χ0) is 10.1. The van der Waals surface area contributed by atoms with Gasteiger partial charge in [0.15, 0.2) is 0 Å². The molecule has 15 heavy (non-hydrogen) atoms. The van der Waals surface area contributed by atoms with E-state index in [9.17, 15) is 0 Å². The number of benzene rings is 1. The van der Waals surface area contributed by atoms with Crippen molar-refractivity contribution in [2.75, 3.05) is 18.4 Å². The van der Waals surface area contributed by atoms with Gasteiger partial charge in [0.05, 0.1) is 11.4 Å². The van der Waals surface area contributed by atoms with Crippen LogP contribution in [0.5, 0.6) is 0 Å². The molecule has 2 aliphatic heterocycles. The van der Waals surface area contributed by atoms with Crippen molar-refractivity contribution in [3.05, 3.63) is 24.3 Å². The SMILES string of the molecule is c1ccc2c(c1)NC1(CCNCC1)NS2. The largest absolute Gasteiger partial charge is 0.366 e. The summed E-state index contributed by atoms with van der Waals surface area (Å²) in [7, 11) is 0. The molecule has 4 heteroatoms. The second kappa shape index (κ2) is 3.70. The summed E-state index contributed by atoms with van der Waals surface area (Å²) < 4.78 is 3.56. The molecular weight excluding hydrogens is 206 g/mol. The zero-order valence-electron chi connectivity index (χ0n) is 8.55. The van der Waals surface area contributed by atoms with E-state index in [0.29, 0.717) is 0 Å². The van der Waals surface area contributed by atoms with Crippen LogP contribution in [-0.2, 0) is 0 Å². The molecule has 0 radical (unpaired) electrons. The second-order valence-corrected chi connectivity index (χ2v) is 5.01. The van der Waals surface area contributed by atoms with Crippen LogP contribution in [0.3, 0.4) is 0 Å². The van der Waals surface area contributed by atoms with Crippen LogP contribution in [0.4, 0.5) is 5.69 Å². The third-order valence-electron chi connectivity index (χ3n) is 3.07. The summed E-state index contributed by atoms with van der Waals surface area (Å²) in [5, 5.41) is 7.03. The molecule has 0 aromatic heterocycles. The number of para-hydroxylation sites is 1. The molecule has 0 amide bonds.